The van der Waals surface area contributed by atoms with E-state index in [1.165, 1.54) is 0 Å². The minimum atomic E-state index is -1.06. The third kappa shape index (κ3) is 3.40. The highest BCUT2D eigenvalue weighted by Gasteiger charge is 2.39. The second kappa shape index (κ2) is 5.63. The van der Waals surface area contributed by atoms with Crippen molar-refractivity contribution in [3.63, 3.8) is 0 Å². The monoisotopic (exact) mass is 304 g/mol. The van der Waals surface area contributed by atoms with Gasteiger partial charge < -0.3 is 0 Å². The highest BCUT2D eigenvalue weighted by Crippen LogP contribution is 2.07. The van der Waals surface area contributed by atoms with Crippen molar-refractivity contribution in [2.24, 2.45) is 0 Å². The summed E-state index contributed by atoms with van der Waals surface area (Å²) in [5.41, 5.74) is 0. The second-order valence-electron chi connectivity index (χ2n) is 3.54. The van der Waals surface area contributed by atoms with Gasteiger partial charge in [-0.25, -0.2) is 40.5 Å². The molecule has 1 fully saturated rings. The first-order valence-electron chi connectivity index (χ1n) is 4.79. The Balaban J connectivity index is 3.02. The largest absolute Gasteiger partial charge is 0.235 e. The summed E-state index contributed by atoms with van der Waals surface area (Å²) in [5, 5.41) is 39.2. The number of hydrazine groups is 4. The van der Waals surface area contributed by atoms with Crippen LogP contribution in [-0.2, 0) is 0 Å². The third-order valence-corrected chi connectivity index (χ3v) is 2.23. The molecule has 16 nitrogen and oxygen atoms in total. The average molecular weight is 304 g/mol. The molecule has 0 atom stereocenters. The average Bonchev–Trinajstić information content (AvgIpc) is 2.26. The molecular weight excluding hydrogens is 296 g/mol. The van der Waals surface area contributed by atoms with Gasteiger partial charge in [0, 0.05) is 0 Å². The number of rotatable bonds is 4. The van der Waals surface area contributed by atoms with Crippen molar-refractivity contribution in [2.45, 2.75) is 0 Å². The van der Waals surface area contributed by atoms with Crippen molar-refractivity contribution < 1.29 is 20.1 Å². The molecule has 0 aromatic carbocycles. The molecule has 1 rings (SSSR count). The summed E-state index contributed by atoms with van der Waals surface area (Å²) in [6, 6.07) is 0. The third-order valence-electron chi connectivity index (χ3n) is 2.23. The van der Waals surface area contributed by atoms with Crippen LogP contribution < -0.4 is 0 Å². The van der Waals surface area contributed by atoms with Crippen LogP contribution in [0, 0.1) is 40.5 Å². The fraction of sp³-hybridized carbons (Fsp3) is 1.00. The molecule has 1 heterocycles. The van der Waals surface area contributed by atoms with Gasteiger partial charge in [-0.15, -0.1) is 0 Å². The Labute approximate surface area is 108 Å². The molecule has 0 aromatic heterocycles. The zero-order valence-corrected chi connectivity index (χ0v) is 9.67. The van der Waals surface area contributed by atoms with Gasteiger partial charge in [-0.1, -0.05) is 20.0 Å². The van der Waals surface area contributed by atoms with Gasteiger partial charge in [0.15, 0.2) is 20.1 Å². The lowest BCUT2D eigenvalue weighted by Gasteiger charge is -2.27. The summed E-state index contributed by atoms with van der Waals surface area (Å²) in [6.07, 6.45) is 0. The molecule has 20 heavy (non-hydrogen) atoms. The van der Waals surface area contributed by atoms with Gasteiger partial charge in [0.1, 0.15) is 0 Å². The molecule has 1 aliphatic heterocycles. The van der Waals surface area contributed by atoms with E-state index in [1.807, 2.05) is 0 Å². The highest BCUT2D eigenvalue weighted by atomic mass is 16.8. The van der Waals surface area contributed by atoms with Crippen LogP contribution in [0.1, 0.15) is 0 Å². The van der Waals surface area contributed by atoms with Crippen LogP contribution >= 0.6 is 0 Å². The highest BCUT2D eigenvalue weighted by molar-refractivity contribution is 4.50. The quantitative estimate of drug-likeness (QED) is 0.403. The van der Waals surface area contributed by atoms with Crippen molar-refractivity contribution in [2.75, 3.05) is 26.7 Å². The van der Waals surface area contributed by atoms with Crippen LogP contribution in [0.5, 0.6) is 0 Å². The van der Waals surface area contributed by atoms with E-state index in [9.17, 15) is 40.5 Å². The number of hydrogen-bond donors (Lipinski definition) is 0. The maximum absolute atomic E-state index is 10.7. The van der Waals surface area contributed by atoms with Gasteiger partial charge >= 0.3 is 0 Å². The topological polar surface area (TPSA) is 186 Å². The molecule has 0 aromatic rings. The van der Waals surface area contributed by atoms with Crippen molar-refractivity contribution >= 4 is 0 Å². The predicted octanol–water partition coefficient (Wildman–Crippen LogP) is -2.20. The van der Waals surface area contributed by atoms with E-state index in [-0.39, 0.29) is 20.0 Å². The summed E-state index contributed by atoms with van der Waals surface area (Å²) in [7, 11) is 0. The van der Waals surface area contributed by atoms with E-state index in [4.69, 9.17) is 0 Å². The zero-order valence-electron chi connectivity index (χ0n) is 9.67. The summed E-state index contributed by atoms with van der Waals surface area (Å²) in [4.78, 5) is 42.6. The van der Waals surface area contributed by atoms with Gasteiger partial charge in [-0.05, 0) is 0 Å². The number of nitro groups is 4. The molecular formula is C4H8N8O8. The maximum Gasteiger partial charge on any atom is 0.212 e. The normalized spacial score (nSPS) is 16.4. The lowest BCUT2D eigenvalue weighted by Crippen LogP contribution is -2.59. The van der Waals surface area contributed by atoms with Crippen LogP contribution in [0.25, 0.3) is 0 Å². The van der Waals surface area contributed by atoms with Gasteiger partial charge in [0.2, 0.25) is 26.7 Å². The van der Waals surface area contributed by atoms with E-state index < -0.39 is 46.8 Å². The van der Waals surface area contributed by atoms with Gasteiger partial charge in [-0.2, -0.15) is 0 Å². The van der Waals surface area contributed by atoms with Crippen LogP contribution in [0.2, 0.25) is 0 Å². The minimum Gasteiger partial charge on any atom is -0.235 e. The summed E-state index contributed by atoms with van der Waals surface area (Å²) < 4.78 is 0. The fourth-order valence-corrected chi connectivity index (χ4v) is 1.35. The molecule has 0 N–H and O–H groups in total. The predicted molar refractivity (Wildman–Crippen MR) is 54.8 cm³/mol. The molecule has 0 radical (unpaired) electrons. The van der Waals surface area contributed by atoms with Crippen molar-refractivity contribution in [3.8, 4) is 0 Å². The molecule has 1 saturated heterocycles. The van der Waals surface area contributed by atoms with Crippen molar-refractivity contribution in [3.05, 3.63) is 40.5 Å². The summed E-state index contributed by atoms with van der Waals surface area (Å²) in [5.74, 6) is 0. The Kier molecular flexibility index (Phi) is 4.18. The van der Waals surface area contributed by atoms with E-state index in [2.05, 4.69) is 0 Å². The molecule has 1 aliphatic rings. The standard InChI is InChI=1S/C4H8N8O8/c13-9(14)5-1-6(10(15)16)3-8(12(19)20)4-7(2-5)11(17)18/h1-4H2/i1+2,2+2,3+2,4+2. The molecule has 0 unspecified atom stereocenters. The molecule has 0 amide bonds. The van der Waals surface area contributed by atoms with Crippen LogP contribution in [0.15, 0.2) is 0 Å². The maximum atomic E-state index is 10.7. The van der Waals surface area contributed by atoms with Gasteiger partial charge in [0.05, 0.1) is 0 Å². The molecule has 112 valence electrons. The lowest BCUT2D eigenvalue weighted by molar-refractivity contribution is -0.775. The first-order chi connectivity index (χ1) is 9.22. The first-order valence-corrected chi connectivity index (χ1v) is 4.79. The molecule has 0 saturated carbocycles. The van der Waals surface area contributed by atoms with Crippen LogP contribution in [0.3, 0.4) is 0 Å². The van der Waals surface area contributed by atoms with E-state index in [0.29, 0.717) is 0 Å². The zero-order chi connectivity index (χ0) is 15.4. The summed E-state index contributed by atoms with van der Waals surface area (Å²) >= 11 is 0. The Hall–Kier alpha value is -3.20. The Bertz CT molecular complexity index is 352. The van der Waals surface area contributed by atoms with E-state index in [1.54, 1.807) is 0 Å². The van der Waals surface area contributed by atoms with Crippen molar-refractivity contribution in [1.29, 1.82) is 0 Å². The smallest absolute Gasteiger partial charge is 0.212 e. The van der Waals surface area contributed by atoms with Crippen LogP contribution in [-0.4, -0.2) is 66.8 Å². The van der Waals surface area contributed by atoms with Gasteiger partial charge in [0.25, 0.3) is 0 Å². The van der Waals surface area contributed by atoms with Crippen molar-refractivity contribution in [1.82, 2.24) is 20.0 Å². The number of hydrogen-bond acceptors (Lipinski definition) is 8. The lowest BCUT2D eigenvalue weighted by atomic mass is 11.7. The summed E-state index contributed by atoms with van der Waals surface area (Å²) in [6.45, 7) is -3.80. The van der Waals surface area contributed by atoms with E-state index in [0.717, 1.165) is 0 Å². The molecule has 0 spiro atoms. The first kappa shape index (κ1) is 14.9. The Morgan fingerprint density at radius 3 is 0.750 bits per heavy atom. The van der Waals surface area contributed by atoms with Gasteiger partial charge in [-0.3, -0.25) is 0 Å². The fourth-order valence-electron chi connectivity index (χ4n) is 1.35. The van der Waals surface area contributed by atoms with E-state index >= 15 is 0 Å². The molecule has 16 heteroatoms. The van der Waals surface area contributed by atoms with Crippen LogP contribution in [0.4, 0.5) is 0 Å². The minimum absolute atomic E-state index is 0.197. The molecule has 0 aliphatic carbocycles. The second-order valence-corrected chi connectivity index (χ2v) is 3.54. The Morgan fingerprint density at radius 1 is 0.500 bits per heavy atom. The Morgan fingerprint density at radius 2 is 0.650 bits per heavy atom. The number of nitrogens with zero attached hydrogens (tertiary/aromatic N) is 8. The SMILES string of the molecule is O=[N+]([O-])N1[14CH2]N([N+](=O)[O-])[14CH2]N([N+](=O)[O-])[14CH2]N([N+](=O)[O-])[14CH2]1. The molecule has 0 bridgehead atoms.